The molecule has 1 aliphatic heterocycles. The molecule has 5 fully saturated rings. The number of carbonyl (C=O) groups excluding carboxylic acids is 3. The standard InChI is InChI=1S/C34H31BrN2O4/c35-27-7-1-22(2-8-27)20-41-29-11-3-21(4-12-29)16-30-31(38)36-33(40)37(32(30)39)28-9-5-26(6-10-28)34-17-23-13-24(18-34)15-25(14-23)19-34/h1-12,16,23-25H,13-15,17-20H2,(H,36,38,40)/b30-16-. The second-order valence-electron chi connectivity index (χ2n) is 12.2. The lowest BCUT2D eigenvalue weighted by molar-refractivity contribution is -0.122. The Morgan fingerprint density at radius 1 is 0.829 bits per heavy atom. The molecular formula is C34H31BrN2O4. The van der Waals surface area contributed by atoms with Crippen molar-refractivity contribution in [3.8, 4) is 5.75 Å². The van der Waals surface area contributed by atoms with Gasteiger partial charge in [-0.1, -0.05) is 52.3 Å². The Balaban J connectivity index is 1.07. The van der Waals surface area contributed by atoms with E-state index in [0.717, 1.165) is 32.7 Å². The van der Waals surface area contributed by atoms with Crippen molar-refractivity contribution < 1.29 is 19.1 Å². The zero-order valence-electron chi connectivity index (χ0n) is 22.6. The average Bonchev–Trinajstić information content (AvgIpc) is 2.95. The van der Waals surface area contributed by atoms with Gasteiger partial charge in [-0.15, -0.1) is 0 Å². The van der Waals surface area contributed by atoms with Gasteiger partial charge in [0.15, 0.2) is 0 Å². The van der Waals surface area contributed by atoms with Crippen molar-refractivity contribution >= 4 is 45.5 Å². The number of nitrogens with one attached hydrogen (secondary N) is 1. The maximum Gasteiger partial charge on any atom is 0.335 e. The number of hydrogen-bond acceptors (Lipinski definition) is 4. The quantitative estimate of drug-likeness (QED) is 0.237. The number of benzene rings is 3. The van der Waals surface area contributed by atoms with E-state index in [4.69, 9.17) is 4.74 Å². The Kier molecular flexibility index (Phi) is 6.57. The molecule has 4 aliphatic carbocycles. The van der Waals surface area contributed by atoms with Crippen LogP contribution >= 0.6 is 15.9 Å². The van der Waals surface area contributed by atoms with Crippen molar-refractivity contribution in [2.24, 2.45) is 17.8 Å². The molecule has 0 spiro atoms. The van der Waals surface area contributed by atoms with Crippen LogP contribution in [0, 0.1) is 17.8 Å². The molecule has 4 bridgehead atoms. The van der Waals surface area contributed by atoms with Crippen LogP contribution in [0.2, 0.25) is 0 Å². The van der Waals surface area contributed by atoms with E-state index in [1.54, 1.807) is 24.3 Å². The second-order valence-corrected chi connectivity index (χ2v) is 13.1. The molecule has 1 N–H and O–H groups in total. The van der Waals surface area contributed by atoms with Crippen LogP contribution in [0.25, 0.3) is 6.08 Å². The molecular weight excluding hydrogens is 580 g/mol. The molecule has 3 aromatic carbocycles. The number of imide groups is 2. The molecule has 4 saturated carbocycles. The summed E-state index contributed by atoms with van der Waals surface area (Å²) in [5.41, 5.74) is 3.63. The number of halogens is 1. The number of hydrogen-bond donors (Lipinski definition) is 1. The van der Waals surface area contributed by atoms with Crippen LogP contribution in [0.4, 0.5) is 10.5 Å². The minimum Gasteiger partial charge on any atom is -0.489 e. The van der Waals surface area contributed by atoms with E-state index >= 15 is 0 Å². The van der Waals surface area contributed by atoms with Crippen molar-refractivity contribution in [3.05, 3.63) is 99.5 Å². The van der Waals surface area contributed by atoms with Gasteiger partial charge in [0.1, 0.15) is 17.9 Å². The first-order chi connectivity index (χ1) is 19.8. The van der Waals surface area contributed by atoms with Gasteiger partial charge < -0.3 is 4.74 Å². The zero-order valence-corrected chi connectivity index (χ0v) is 24.2. The minimum atomic E-state index is -0.726. The van der Waals surface area contributed by atoms with Gasteiger partial charge in [-0.2, -0.15) is 0 Å². The molecule has 0 unspecified atom stereocenters. The van der Waals surface area contributed by atoms with Gasteiger partial charge in [0.05, 0.1) is 5.69 Å². The first-order valence-corrected chi connectivity index (χ1v) is 15.1. The van der Waals surface area contributed by atoms with Crippen molar-refractivity contribution in [1.29, 1.82) is 0 Å². The predicted molar refractivity (Wildman–Crippen MR) is 160 cm³/mol. The number of carbonyl (C=O) groups is 3. The highest BCUT2D eigenvalue weighted by molar-refractivity contribution is 9.10. The van der Waals surface area contributed by atoms with Crippen LogP contribution in [0.15, 0.2) is 82.8 Å². The third-order valence-electron chi connectivity index (χ3n) is 9.39. The summed E-state index contributed by atoms with van der Waals surface area (Å²) < 4.78 is 6.87. The molecule has 208 valence electrons. The second kappa shape index (κ2) is 10.3. The van der Waals surface area contributed by atoms with Gasteiger partial charge in [0, 0.05) is 4.47 Å². The lowest BCUT2D eigenvalue weighted by Crippen LogP contribution is -2.54. The van der Waals surface area contributed by atoms with E-state index in [9.17, 15) is 14.4 Å². The third-order valence-corrected chi connectivity index (χ3v) is 9.92. The van der Waals surface area contributed by atoms with E-state index in [1.807, 2.05) is 36.4 Å². The van der Waals surface area contributed by atoms with Crippen molar-refractivity contribution in [3.63, 3.8) is 0 Å². The van der Waals surface area contributed by atoms with Gasteiger partial charge in [-0.05, 0) is 121 Å². The van der Waals surface area contributed by atoms with Crippen LogP contribution in [-0.2, 0) is 21.6 Å². The molecule has 3 aromatic rings. The average molecular weight is 612 g/mol. The summed E-state index contributed by atoms with van der Waals surface area (Å²) in [4.78, 5) is 40.0. The van der Waals surface area contributed by atoms with E-state index in [2.05, 4.69) is 33.4 Å². The maximum atomic E-state index is 13.5. The number of urea groups is 1. The molecule has 6 nitrogen and oxygen atoms in total. The number of rotatable bonds is 6. The fraction of sp³-hybridized carbons (Fsp3) is 0.324. The lowest BCUT2D eigenvalue weighted by Gasteiger charge is -2.57. The lowest BCUT2D eigenvalue weighted by atomic mass is 9.48. The Morgan fingerprint density at radius 3 is 2.05 bits per heavy atom. The SMILES string of the molecule is O=C1NC(=O)N(c2ccc(C34CC5CC(CC(C5)C3)C4)cc2)C(=O)/C1=C\c1ccc(OCc2ccc(Br)cc2)cc1. The fourth-order valence-corrected chi connectivity index (χ4v) is 8.16. The van der Waals surface area contributed by atoms with Gasteiger partial charge in [-0.25, -0.2) is 9.69 Å². The van der Waals surface area contributed by atoms with Crippen LogP contribution in [0.5, 0.6) is 5.75 Å². The summed E-state index contributed by atoms with van der Waals surface area (Å²) in [6.45, 7) is 0.424. The van der Waals surface area contributed by atoms with E-state index in [0.29, 0.717) is 23.6 Å². The first-order valence-electron chi connectivity index (χ1n) is 14.3. The maximum absolute atomic E-state index is 13.5. The molecule has 1 heterocycles. The van der Waals surface area contributed by atoms with E-state index in [1.165, 1.54) is 50.2 Å². The topological polar surface area (TPSA) is 75.7 Å². The number of amides is 4. The Morgan fingerprint density at radius 2 is 1.44 bits per heavy atom. The molecule has 4 amide bonds. The van der Waals surface area contributed by atoms with Crippen LogP contribution < -0.4 is 15.0 Å². The summed E-state index contributed by atoms with van der Waals surface area (Å²) >= 11 is 3.43. The van der Waals surface area contributed by atoms with E-state index < -0.39 is 17.8 Å². The molecule has 0 radical (unpaired) electrons. The van der Waals surface area contributed by atoms with E-state index in [-0.39, 0.29) is 11.0 Å². The van der Waals surface area contributed by atoms with Crippen LogP contribution in [0.3, 0.4) is 0 Å². The summed E-state index contributed by atoms with van der Waals surface area (Å²) in [6.07, 6.45) is 9.39. The van der Waals surface area contributed by atoms with Gasteiger partial charge in [-0.3, -0.25) is 14.9 Å². The van der Waals surface area contributed by atoms with Crippen molar-refractivity contribution in [2.75, 3.05) is 4.90 Å². The minimum absolute atomic E-state index is 0.0849. The largest absolute Gasteiger partial charge is 0.489 e. The number of nitrogens with zero attached hydrogens (tertiary/aromatic N) is 1. The normalized spacial score (nSPS) is 27.8. The van der Waals surface area contributed by atoms with Crippen molar-refractivity contribution in [1.82, 2.24) is 5.32 Å². The van der Waals surface area contributed by atoms with Gasteiger partial charge in [0.2, 0.25) is 0 Å². The van der Waals surface area contributed by atoms with Crippen LogP contribution in [-0.4, -0.2) is 17.8 Å². The molecule has 8 rings (SSSR count). The Hall–Kier alpha value is -3.71. The summed E-state index contributed by atoms with van der Waals surface area (Å²) in [6, 6.07) is 22.2. The Labute approximate surface area is 247 Å². The molecule has 5 aliphatic rings. The number of anilines is 1. The summed E-state index contributed by atoms with van der Waals surface area (Å²) in [5.74, 6) is 1.85. The molecule has 0 atom stereocenters. The highest BCUT2D eigenvalue weighted by Crippen LogP contribution is 2.60. The Bertz CT molecular complexity index is 1510. The third kappa shape index (κ3) is 5.01. The molecule has 41 heavy (non-hydrogen) atoms. The van der Waals surface area contributed by atoms with Gasteiger partial charge >= 0.3 is 6.03 Å². The fourth-order valence-electron chi connectivity index (χ4n) is 7.89. The first kappa shape index (κ1) is 26.2. The molecule has 1 saturated heterocycles. The highest BCUT2D eigenvalue weighted by atomic mass is 79.9. The predicted octanol–water partition coefficient (Wildman–Crippen LogP) is 7.16. The summed E-state index contributed by atoms with van der Waals surface area (Å²) in [5, 5.41) is 2.34. The van der Waals surface area contributed by atoms with Crippen molar-refractivity contribution in [2.45, 2.75) is 50.5 Å². The van der Waals surface area contributed by atoms with Crippen LogP contribution in [0.1, 0.15) is 55.2 Å². The smallest absolute Gasteiger partial charge is 0.335 e. The monoisotopic (exact) mass is 610 g/mol. The summed E-state index contributed by atoms with van der Waals surface area (Å²) in [7, 11) is 0. The van der Waals surface area contributed by atoms with Gasteiger partial charge in [0.25, 0.3) is 11.8 Å². The molecule has 7 heteroatoms. The number of ether oxygens (including phenoxy) is 1. The highest BCUT2D eigenvalue weighted by Gasteiger charge is 2.51. The molecule has 0 aromatic heterocycles. The number of barbiturate groups is 1. The zero-order chi connectivity index (χ0) is 28.1.